The Bertz CT molecular complexity index is 250. The summed E-state index contributed by atoms with van der Waals surface area (Å²) < 4.78 is 6.51. The molecule has 0 N–H and O–H groups in total. The molecule has 0 aliphatic carbocycles. The summed E-state index contributed by atoms with van der Waals surface area (Å²) in [5.41, 5.74) is 0. The first kappa shape index (κ1) is 9.19. The first-order valence-corrected chi connectivity index (χ1v) is 4.88. The molecule has 0 aliphatic rings. The Morgan fingerprint density at radius 3 is 2.91 bits per heavy atom. The van der Waals surface area contributed by atoms with Crippen molar-refractivity contribution in [3.8, 4) is 5.75 Å². The Hall–Kier alpha value is 0.1000. The maximum atomic E-state index is 5.34. The van der Waals surface area contributed by atoms with Crippen LogP contribution in [0.4, 0.5) is 0 Å². The second kappa shape index (κ2) is 4.21. The molecule has 0 heterocycles. The van der Waals surface area contributed by atoms with Gasteiger partial charge in [0.25, 0.3) is 0 Å². The van der Waals surface area contributed by atoms with E-state index < -0.39 is 0 Å². The fourth-order valence-electron chi connectivity index (χ4n) is 0.759. The van der Waals surface area contributed by atoms with Crippen molar-refractivity contribution in [2.75, 3.05) is 6.61 Å². The van der Waals surface area contributed by atoms with E-state index in [0.29, 0.717) is 6.61 Å². The lowest BCUT2D eigenvalue weighted by Crippen LogP contribution is -1.92. The van der Waals surface area contributed by atoms with Crippen LogP contribution in [0, 0.1) is 3.57 Å². The number of hydrogen-bond acceptors (Lipinski definition) is 2. The first-order chi connectivity index (χ1) is 5.24. The van der Waals surface area contributed by atoms with Crippen LogP contribution in [0.1, 0.15) is 6.92 Å². The van der Waals surface area contributed by atoms with Crippen molar-refractivity contribution in [1.82, 2.24) is 0 Å². The molecule has 1 rings (SSSR count). The smallest absolute Gasteiger partial charge is 0.133 e. The van der Waals surface area contributed by atoms with Crippen LogP contribution in [0.15, 0.2) is 23.1 Å². The Balaban J connectivity index is 2.93. The van der Waals surface area contributed by atoms with Crippen molar-refractivity contribution in [3.05, 3.63) is 21.8 Å². The zero-order chi connectivity index (χ0) is 8.27. The minimum atomic E-state index is 0.688. The molecule has 3 heteroatoms. The van der Waals surface area contributed by atoms with E-state index >= 15 is 0 Å². The molecule has 0 amide bonds. The molecule has 0 fully saturated rings. The van der Waals surface area contributed by atoms with E-state index in [-0.39, 0.29) is 0 Å². The number of rotatable bonds is 2. The molecular formula is C8H9IOS. The Morgan fingerprint density at radius 1 is 1.55 bits per heavy atom. The van der Waals surface area contributed by atoms with Gasteiger partial charge in [-0.1, -0.05) is 0 Å². The largest absolute Gasteiger partial charge is 0.493 e. The van der Waals surface area contributed by atoms with E-state index in [1.54, 1.807) is 0 Å². The molecule has 0 aromatic heterocycles. The Kier molecular flexibility index (Phi) is 3.51. The fraction of sp³-hybridized carbons (Fsp3) is 0.250. The topological polar surface area (TPSA) is 9.23 Å². The third kappa shape index (κ3) is 2.56. The van der Waals surface area contributed by atoms with E-state index in [1.807, 2.05) is 25.1 Å². The molecule has 0 saturated heterocycles. The van der Waals surface area contributed by atoms with Crippen LogP contribution in [0.3, 0.4) is 0 Å². The van der Waals surface area contributed by atoms with Crippen LogP contribution in [0.25, 0.3) is 0 Å². The average Bonchev–Trinajstić information content (AvgIpc) is 1.98. The van der Waals surface area contributed by atoms with Crippen molar-refractivity contribution >= 4 is 35.2 Å². The van der Waals surface area contributed by atoms with Gasteiger partial charge in [-0.05, 0) is 47.7 Å². The second-order valence-corrected chi connectivity index (χ2v) is 3.77. The average molecular weight is 280 g/mol. The van der Waals surface area contributed by atoms with Crippen LogP contribution in [-0.2, 0) is 0 Å². The van der Waals surface area contributed by atoms with Crippen molar-refractivity contribution in [1.29, 1.82) is 0 Å². The summed E-state index contributed by atoms with van der Waals surface area (Å²) >= 11 is 6.50. The second-order valence-electron chi connectivity index (χ2n) is 2.05. The summed E-state index contributed by atoms with van der Waals surface area (Å²) in [5.74, 6) is 0.864. The molecule has 60 valence electrons. The van der Waals surface area contributed by atoms with E-state index in [0.717, 1.165) is 10.6 Å². The van der Waals surface area contributed by atoms with Gasteiger partial charge in [-0.2, -0.15) is 0 Å². The maximum absolute atomic E-state index is 5.34. The van der Waals surface area contributed by atoms with E-state index in [1.165, 1.54) is 3.57 Å². The van der Waals surface area contributed by atoms with E-state index in [4.69, 9.17) is 4.74 Å². The molecule has 0 radical (unpaired) electrons. The molecule has 1 aromatic carbocycles. The van der Waals surface area contributed by atoms with Crippen LogP contribution in [0.2, 0.25) is 0 Å². The highest BCUT2D eigenvalue weighted by atomic mass is 127. The van der Waals surface area contributed by atoms with Crippen LogP contribution >= 0.6 is 35.2 Å². The summed E-state index contributed by atoms with van der Waals surface area (Å²) in [7, 11) is 0. The third-order valence-electron chi connectivity index (χ3n) is 1.22. The normalized spacial score (nSPS) is 9.73. The summed E-state index contributed by atoms with van der Waals surface area (Å²) in [6, 6.07) is 5.92. The van der Waals surface area contributed by atoms with Crippen molar-refractivity contribution in [2.24, 2.45) is 0 Å². The number of benzene rings is 1. The summed E-state index contributed by atoms with van der Waals surface area (Å²) in [5, 5.41) is 0. The first-order valence-electron chi connectivity index (χ1n) is 3.35. The molecule has 0 aliphatic heterocycles. The Labute approximate surface area is 85.7 Å². The number of halogens is 1. The van der Waals surface area contributed by atoms with Gasteiger partial charge >= 0.3 is 0 Å². The number of ether oxygens (including phenoxy) is 1. The lowest BCUT2D eigenvalue weighted by Gasteiger charge is -2.05. The highest BCUT2D eigenvalue weighted by Gasteiger charge is 1.98. The van der Waals surface area contributed by atoms with Gasteiger partial charge in [-0.25, -0.2) is 0 Å². The molecule has 0 bridgehead atoms. The van der Waals surface area contributed by atoms with Crippen molar-refractivity contribution in [2.45, 2.75) is 11.8 Å². The zero-order valence-corrected chi connectivity index (χ0v) is 9.22. The minimum Gasteiger partial charge on any atom is -0.493 e. The minimum absolute atomic E-state index is 0.688. The van der Waals surface area contributed by atoms with Crippen molar-refractivity contribution in [3.63, 3.8) is 0 Å². The summed E-state index contributed by atoms with van der Waals surface area (Å²) in [6.45, 7) is 2.65. The van der Waals surface area contributed by atoms with Gasteiger partial charge in [0.05, 0.1) is 6.61 Å². The fourth-order valence-corrected chi connectivity index (χ4v) is 1.43. The predicted molar refractivity (Wildman–Crippen MR) is 57.6 cm³/mol. The van der Waals surface area contributed by atoms with Crippen LogP contribution in [0.5, 0.6) is 5.75 Å². The molecule has 1 nitrogen and oxygen atoms in total. The van der Waals surface area contributed by atoms with Gasteiger partial charge in [-0.15, -0.1) is 12.6 Å². The monoisotopic (exact) mass is 280 g/mol. The Morgan fingerprint density at radius 2 is 2.27 bits per heavy atom. The van der Waals surface area contributed by atoms with Gasteiger partial charge in [0.15, 0.2) is 0 Å². The molecular weight excluding hydrogens is 271 g/mol. The van der Waals surface area contributed by atoms with Gasteiger partial charge < -0.3 is 4.74 Å². The summed E-state index contributed by atoms with van der Waals surface area (Å²) in [4.78, 5) is 0.896. The van der Waals surface area contributed by atoms with Crippen LogP contribution < -0.4 is 4.74 Å². The highest BCUT2D eigenvalue weighted by Crippen LogP contribution is 2.24. The summed E-state index contributed by atoms with van der Waals surface area (Å²) in [6.07, 6.45) is 0. The van der Waals surface area contributed by atoms with Gasteiger partial charge in [0, 0.05) is 8.47 Å². The molecule has 0 atom stereocenters. The number of hydrogen-bond donors (Lipinski definition) is 1. The lowest BCUT2D eigenvalue weighted by molar-refractivity contribution is 0.332. The lowest BCUT2D eigenvalue weighted by atomic mass is 10.3. The maximum Gasteiger partial charge on any atom is 0.133 e. The van der Waals surface area contributed by atoms with Crippen molar-refractivity contribution < 1.29 is 4.74 Å². The molecule has 0 unspecified atom stereocenters. The zero-order valence-electron chi connectivity index (χ0n) is 6.17. The highest BCUT2D eigenvalue weighted by molar-refractivity contribution is 14.1. The van der Waals surface area contributed by atoms with Gasteiger partial charge in [0.2, 0.25) is 0 Å². The van der Waals surface area contributed by atoms with Gasteiger partial charge in [0.1, 0.15) is 5.75 Å². The third-order valence-corrected chi connectivity index (χ3v) is 2.26. The van der Waals surface area contributed by atoms with E-state index in [2.05, 4.69) is 35.2 Å². The molecule has 0 spiro atoms. The van der Waals surface area contributed by atoms with E-state index in [9.17, 15) is 0 Å². The van der Waals surface area contributed by atoms with Crippen LogP contribution in [-0.4, -0.2) is 6.61 Å². The molecule has 1 aromatic rings. The van der Waals surface area contributed by atoms with Gasteiger partial charge in [-0.3, -0.25) is 0 Å². The number of thiol groups is 1. The predicted octanol–water partition coefficient (Wildman–Crippen LogP) is 2.98. The SMILES string of the molecule is CCOc1cc(I)ccc1S. The standard InChI is InChI=1S/C8H9IOS/c1-2-10-7-5-6(9)3-4-8(7)11/h3-5,11H,2H2,1H3. The quantitative estimate of drug-likeness (QED) is 0.647. The molecule has 0 saturated carbocycles. The molecule has 11 heavy (non-hydrogen) atoms.